The number of hydrogen-bond donors (Lipinski definition) is 1. The Bertz CT molecular complexity index is 909. The Kier molecular flexibility index (Phi) is 4.30. The van der Waals surface area contributed by atoms with Crippen molar-refractivity contribution in [1.29, 1.82) is 0 Å². The first-order valence-electron chi connectivity index (χ1n) is 7.56. The van der Waals surface area contributed by atoms with Crippen LogP contribution in [0.5, 0.6) is 11.5 Å². The summed E-state index contributed by atoms with van der Waals surface area (Å²) in [4.78, 5) is 11.7. The van der Waals surface area contributed by atoms with Crippen LogP contribution in [-0.4, -0.2) is 34.1 Å². The average Bonchev–Trinajstić information content (AvgIpc) is 2.60. The maximum absolute atomic E-state index is 13.1. The molecule has 0 saturated carbocycles. The molecule has 1 aliphatic heterocycles. The van der Waals surface area contributed by atoms with E-state index in [0.717, 1.165) is 9.87 Å². The van der Waals surface area contributed by atoms with Gasteiger partial charge in [0.15, 0.2) is 6.10 Å². The van der Waals surface area contributed by atoms with E-state index in [2.05, 4.69) is 0 Å². The van der Waals surface area contributed by atoms with Gasteiger partial charge in [-0.1, -0.05) is 6.07 Å². The van der Waals surface area contributed by atoms with Gasteiger partial charge in [-0.2, -0.15) is 0 Å². The van der Waals surface area contributed by atoms with Gasteiger partial charge in [0.05, 0.1) is 24.2 Å². The fourth-order valence-corrected chi connectivity index (χ4v) is 4.09. The molecule has 25 heavy (non-hydrogen) atoms. The van der Waals surface area contributed by atoms with Gasteiger partial charge in [0.25, 0.3) is 15.9 Å². The summed E-state index contributed by atoms with van der Waals surface area (Å²) < 4.78 is 37.9. The Labute approximate surface area is 146 Å². The van der Waals surface area contributed by atoms with Crippen molar-refractivity contribution in [2.24, 2.45) is 5.73 Å². The van der Waals surface area contributed by atoms with E-state index in [1.165, 1.54) is 19.2 Å². The number of benzene rings is 2. The van der Waals surface area contributed by atoms with Crippen LogP contribution >= 0.6 is 0 Å². The van der Waals surface area contributed by atoms with Gasteiger partial charge in [0.1, 0.15) is 11.5 Å². The molecule has 7 nitrogen and oxygen atoms in total. The Morgan fingerprint density at radius 3 is 2.52 bits per heavy atom. The Hall–Kier alpha value is -2.74. The lowest BCUT2D eigenvalue weighted by molar-refractivity contribution is -0.124. The fourth-order valence-electron chi connectivity index (χ4n) is 2.61. The number of methoxy groups -OCH3 is 1. The molecule has 2 aromatic rings. The van der Waals surface area contributed by atoms with E-state index in [-0.39, 0.29) is 11.4 Å². The van der Waals surface area contributed by atoms with E-state index < -0.39 is 22.0 Å². The topological polar surface area (TPSA) is 98.9 Å². The van der Waals surface area contributed by atoms with E-state index in [1.807, 2.05) is 6.92 Å². The number of ether oxygens (including phenoxy) is 2. The molecule has 0 aliphatic carbocycles. The highest BCUT2D eigenvalue weighted by atomic mass is 32.2. The van der Waals surface area contributed by atoms with Gasteiger partial charge in [-0.25, -0.2) is 8.42 Å². The monoisotopic (exact) mass is 362 g/mol. The second kappa shape index (κ2) is 6.29. The van der Waals surface area contributed by atoms with Crippen LogP contribution in [0, 0.1) is 6.92 Å². The van der Waals surface area contributed by atoms with Crippen LogP contribution in [0.4, 0.5) is 5.69 Å². The second-order valence-corrected chi connectivity index (χ2v) is 7.55. The minimum atomic E-state index is -3.89. The van der Waals surface area contributed by atoms with Crippen LogP contribution in [0.15, 0.2) is 47.4 Å². The number of amides is 1. The van der Waals surface area contributed by atoms with Crippen molar-refractivity contribution in [2.45, 2.75) is 17.9 Å². The molecule has 0 fully saturated rings. The molecule has 3 rings (SSSR count). The highest BCUT2D eigenvalue weighted by molar-refractivity contribution is 7.92. The molecule has 132 valence electrons. The highest BCUT2D eigenvalue weighted by Crippen LogP contribution is 2.37. The normalized spacial score (nSPS) is 16.7. The third-order valence-electron chi connectivity index (χ3n) is 3.95. The number of carbonyl (C=O) groups excluding carboxylic acids is 1. The first kappa shape index (κ1) is 17.1. The van der Waals surface area contributed by atoms with Crippen molar-refractivity contribution in [3.05, 3.63) is 48.0 Å². The lowest BCUT2D eigenvalue weighted by Gasteiger charge is -2.34. The van der Waals surface area contributed by atoms with E-state index >= 15 is 0 Å². The van der Waals surface area contributed by atoms with Crippen molar-refractivity contribution in [3.8, 4) is 11.5 Å². The van der Waals surface area contributed by atoms with Crippen LogP contribution < -0.4 is 19.5 Å². The molecule has 2 N–H and O–H groups in total. The molecule has 0 aromatic heterocycles. The van der Waals surface area contributed by atoms with Crippen molar-refractivity contribution in [1.82, 2.24) is 0 Å². The molecule has 0 bridgehead atoms. The molecule has 1 heterocycles. The minimum Gasteiger partial charge on any atom is -0.497 e. The molecule has 2 aromatic carbocycles. The van der Waals surface area contributed by atoms with Crippen LogP contribution in [-0.2, 0) is 14.8 Å². The number of primary amides is 1. The molecule has 1 atom stereocenters. The molecule has 0 spiro atoms. The maximum Gasteiger partial charge on any atom is 0.264 e. The number of fused-ring (bicyclic) bond motifs is 1. The molecule has 0 saturated heterocycles. The van der Waals surface area contributed by atoms with Gasteiger partial charge in [-0.3, -0.25) is 9.10 Å². The summed E-state index contributed by atoms with van der Waals surface area (Å²) in [7, 11) is -2.39. The van der Waals surface area contributed by atoms with E-state index in [9.17, 15) is 13.2 Å². The smallest absolute Gasteiger partial charge is 0.264 e. The van der Waals surface area contributed by atoms with Crippen LogP contribution in [0.25, 0.3) is 0 Å². The third-order valence-corrected chi connectivity index (χ3v) is 5.74. The Morgan fingerprint density at radius 2 is 1.92 bits per heavy atom. The summed E-state index contributed by atoms with van der Waals surface area (Å²) >= 11 is 0. The summed E-state index contributed by atoms with van der Waals surface area (Å²) in [5, 5.41) is 0. The van der Waals surface area contributed by atoms with Crippen molar-refractivity contribution in [3.63, 3.8) is 0 Å². The molecule has 0 radical (unpaired) electrons. The number of nitrogens with two attached hydrogens (primary N) is 1. The van der Waals surface area contributed by atoms with Gasteiger partial charge in [0.2, 0.25) is 0 Å². The summed E-state index contributed by atoms with van der Waals surface area (Å²) in [6.45, 7) is 1.67. The summed E-state index contributed by atoms with van der Waals surface area (Å²) in [6.07, 6.45) is -1.05. The predicted octanol–water partition coefficient (Wildman–Crippen LogP) is 1.45. The average molecular weight is 362 g/mol. The van der Waals surface area contributed by atoms with Crippen molar-refractivity contribution < 1.29 is 22.7 Å². The van der Waals surface area contributed by atoms with Gasteiger partial charge < -0.3 is 15.2 Å². The van der Waals surface area contributed by atoms with Crippen LogP contribution in [0.3, 0.4) is 0 Å². The molecule has 8 heteroatoms. The predicted molar refractivity (Wildman–Crippen MR) is 92.3 cm³/mol. The van der Waals surface area contributed by atoms with Gasteiger partial charge in [0, 0.05) is 0 Å². The SMILES string of the molecule is COc1ccc(S(=O)(=O)N2C[C@@H](C(N)=O)Oc3cc(C)ccc32)cc1. The Morgan fingerprint density at radius 1 is 1.24 bits per heavy atom. The number of hydrogen-bond acceptors (Lipinski definition) is 5. The summed E-state index contributed by atoms with van der Waals surface area (Å²) in [5.41, 5.74) is 6.60. The number of sulfonamides is 1. The fraction of sp³-hybridized carbons (Fsp3) is 0.235. The molecular weight excluding hydrogens is 344 g/mol. The molecule has 1 aliphatic rings. The number of aryl methyl sites for hydroxylation is 1. The van der Waals surface area contributed by atoms with Gasteiger partial charge in [-0.15, -0.1) is 0 Å². The largest absolute Gasteiger partial charge is 0.497 e. The van der Waals surface area contributed by atoms with Crippen molar-refractivity contribution in [2.75, 3.05) is 18.0 Å². The van der Waals surface area contributed by atoms with E-state index in [0.29, 0.717) is 17.2 Å². The van der Waals surface area contributed by atoms with Gasteiger partial charge in [-0.05, 0) is 48.9 Å². The highest BCUT2D eigenvalue weighted by Gasteiger charge is 2.36. The van der Waals surface area contributed by atoms with Gasteiger partial charge >= 0.3 is 0 Å². The summed E-state index contributed by atoms with van der Waals surface area (Å²) in [5.74, 6) is 0.140. The minimum absolute atomic E-state index is 0.0879. The first-order chi connectivity index (χ1) is 11.8. The lowest BCUT2D eigenvalue weighted by Crippen LogP contribution is -2.49. The maximum atomic E-state index is 13.1. The summed E-state index contributed by atoms with van der Waals surface area (Å²) in [6, 6.07) is 11.2. The van der Waals surface area contributed by atoms with E-state index in [4.69, 9.17) is 15.2 Å². The number of carbonyl (C=O) groups is 1. The zero-order chi connectivity index (χ0) is 18.2. The quantitative estimate of drug-likeness (QED) is 0.887. The van der Waals surface area contributed by atoms with E-state index in [1.54, 1.807) is 30.3 Å². The number of rotatable bonds is 4. The number of anilines is 1. The second-order valence-electron chi connectivity index (χ2n) is 5.69. The lowest BCUT2D eigenvalue weighted by atomic mass is 10.1. The Balaban J connectivity index is 2.08. The standard InChI is InChI=1S/C17H18N2O5S/c1-11-3-8-14-15(9-11)24-16(17(18)20)10-19(14)25(21,22)13-6-4-12(23-2)5-7-13/h3-9,16H,10H2,1-2H3,(H2,18,20)/t16-/m0/s1. The zero-order valence-corrected chi connectivity index (χ0v) is 14.6. The van der Waals surface area contributed by atoms with Crippen LogP contribution in [0.2, 0.25) is 0 Å². The molecule has 0 unspecified atom stereocenters. The third kappa shape index (κ3) is 3.12. The van der Waals surface area contributed by atoms with Crippen LogP contribution in [0.1, 0.15) is 5.56 Å². The molecular formula is C17H18N2O5S. The molecule has 1 amide bonds. The number of nitrogens with zero attached hydrogens (tertiary/aromatic N) is 1. The first-order valence-corrected chi connectivity index (χ1v) is 9.00. The van der Waals surface area contributed by atoms with Crippen molar-refractivity contribution >= 4 is 21.6 Å². The zero-order valence-electron chi connectivity index (χ0n) is 13.8.